The Morgan fingerprint density at radius 3 is 2.62 bits per heavy atom. The number of carboxylic acid groups (broad SMARTS) is 1. The molecule has 7 heteroatoms. The third-order valence-electron chi connectivity index (χ3n) is 2.71. The van der Waals surface area contributed by atoms with Gasteiger partial charge < -0.3 is 14.3 Å². The first-order valence-corrected chi connectivity index (χ1v) is 6.36. The molecule has 0 spiro atoms. The summed E-state index contributed by atoms with van der Waals surface area (Å²) in [5.41, 5.74) is -1.03. The van der Waals surface area contributed by atoms with E-state index >= 15 is 0 Å². The lowest BCUT2D eigenvalue weighted by Gasteiger charge is -2.01. The summed E-state index contributed by atoms with van der Waals surface area (Å²) in [6, 6.07) is 3.25. The number of halogens is 2. The van der Waals surface area contributed by atoms with Gasteiger partial charge in [-0.05, 0) is 18.6 Å². The molecule has 0 unspecified atom stereocenters. The van der Waals surface area contributed by atoms with Crippen LogP contribution in [0.1, 0.15) is 30.3 Å². The predicted octanol–water partition coefficient (Wildman–Crippen LogP) is 3.50. The van der Waals surface area contributed by atoms with E-state index in [4.69, 9.17) is 14.3 Å². The Kier molecular flexibility index (Phi) is 4.52. The molecule has 21 heavy (non-hydrogen) atoms. The Morgan fingerprint density at radius 1 is 1.38 bits per heavy atom. The van der Waals surface area contributed by atoms with Crippen LogP contribution in [0.3, 0.4) is 0 Å². The Hall–Kier alpha value is -2.44. The van der Waals surface area contributed by atoms with Crippen molar-refractivity contribution in [2.24, 2.45) is 0 Å². The largest absolute Gasteiger partial charge is 0.476 e. The van der Waals surface area contributed by atoms with E-state index in [1.807, 2.05) is 6.92 Å². The van der Waals surface area contributed by atoms with E-state index in [0.29, 0.717) is 6.42 Å². The summed E-state index contributed by atoms with van der Waals surface area (Å²) in [7, 11) is 0. The first-order chi connectivity index (χ1) is 10.0. The normalized spacial score (nSPS) is 10.6. The highest BCUT2D eigenvalue weighted by Crippen LogP contribution is 2.31. The molecule has 5 nitrogen and oxygen atoms in total. The van der Waals surface area contributed by atoms with Crippen LogP contribution in [0.25, 0.3) is 11.5 Å². The summed E-state index contributed by atoms with van der Waals surface area (Å²) in [4.78, 5) is 14.7. The average Bonchev–Trinajstić information content (AvgIpc) is 2.83. The summed E-state index contributed by atoms with van der Waals surface area (Å²) >= 11 is 0. The average molecular weight is 297 g/mol. The molecule has 1 aromatic carbocycles. The van der Waals surface area contributed by atoms with Crippen LogP contribution in [0.15, 0.2) is 22.6 Å². The zero-order valence-corrected chi connectivity index (χ0v) is 11.2. The minimum atomic E-state index is -1.40. The molecule has 0 saturated carbocycles. The number of nitrogens with zero attached hydrogens (tertiary/aromatic N) is 1. The number of benzene rings is 1. The monoisotopic (exact) mass is 297 g/mol. The minimum Gasteiger partial charge on any atom is -0.476 e. The third kappa shape index (κ3) is 3.18. The smallest absolute Gasteiger partial charge is 0.362 e. The molecule has 0 amide bonds. The van der Waals surface area contributed by atoms with Gasteiger partial charge in [-0.3, -0.25) is 0 Å². The first kappa shape index (κ1) is 15.0. The fourth-order valence-electron chi connectivity index (χ4n) is 1.66. The van der Waals surface area contributed by atoms with Crippen LogP contribution >= 0.6 is 0 Å². The number of hydrogen-bond donors (Lipinski definition) is 1. The van der Waals surface area contributed by atoms with Crippen molar-refractivity contribution in [3.63, 3.8) is 0 Å². The minimum absolute atomic E-state index is 0.227. The van der Waals surface area contributed by atoms with Crippen molar-refractivity contribution < 1.29 is 27.8 Å². The summed E-state index contributed by atoms with van der Waals surface area (Å²) in [6.07, 6.45) is 1.52. The van der Waals surface area contributed by atoms with Crippen molar-refractivity contribution in [2.75, 3.05) is 6.61 Å². The lowest BCUT2D eigenvalue weighted by molar-refractivity contribution is 0.0683. The van der Waals surface area contributed by atoms with E-state index in [0.717, 1.165) is 18.6 Å². The molecule has 1 aromatic heterocycles. The molecule has 0 aliphatic rings. The van der Waals surface area contributed by atoms with E-state index in [1.54, 1.807) is 0 Å². The number of carbonyl (C=O) groups is 1. The molecule has 0 saturated heterocycles. The van der Waals surface area contributed by atoms with Gasteiger partial charge in [0.05, 0.1) is 6.61 Å². The van der Waals surface area contributed by atoms with Crippen LogP contribution in [0.4, 0.5) is 8.78 Å². The molecule has 112 valence electrons. The van der Waals surface area contributed by atoms with Gasteiger partial charge in [-0.25, -0.2) is 13.6 Å². The molecular formula is C14H13F2NO4. The second-order valence-corrected chi connectivity index (χ2v) is 4.26. The third-order valence-corrected chi connectivity index (χ3v) is 2.71. The highest BCUT2D eigenvalue weighted by Gasteiger charge is 2.25. The van der Waals surface area contributed by atoms with Gasteiger partial charge >= 0.3 is 11.9 Å². The zero-order chi connectivity index (χ0) is 15.4. The number of ether oxygens (including phenoxy) is 1. The Morgan fingerprint density at radius 2 is 2.05 bits per heavy atom. The summed E-state index contributed by atoms with van der Waals surface area (Å²) in [5.74, 6) is -4.00. The number of hydrogen-bond acceptors (Lipinski definition) is 4. The maximum Gasteiger partial charge on any atom is 0.362 e. The number of carboxylic acids is 1. The lowest BCUT2D eigenvalue weighted by Crippen LogP contribution is -2.03. The number of rotatable bonds is 6. The van der Waals surface area contributed by atoms with Crippen LogP contribution in [0.2, 0.25) is 0 Å². The molecule has 0 atom stereocenters. The molecule has 0 aliphatic carbocycles. The molecule has 2 aromatic rings. The Bertz CT molecular complexity index is 634. The van der Waals surface area contributed by atoms with Crippen molar-refractivity contribution in [1.82, 2.24) is 4.98 Å². The summed E-state index contributed by atoms with van der Waals surface area (Å²) in [6.45, 7) is 2.16. The van der Waals surface area contributed by atoms with Gasteiger partial charge in [0.15, 0.2) is 0 Å². The Labute approximate surface area is 119 Å². The summed E-state index contributed by atoms with van der Waals surface area (Å²) < 4.78 is 37.6. The van der Waals surface area contributed by atoms with Crippen molar-refractivity contribution in [1.29, 1.82) is 0 Å². The van der Waals surface area contributed by atoms with Gasteiger partial charge in [0.25, 0.3) is 0 Å². The zero-order valence-electron chi connectivity index (χ0n) is 11.2. The maximum absolute atomic E-state index is 13.7. The second kappa shape index (κ2) is 6.34. The molecular weight excluding hydrogens is 284 g/mol. The van der Waals surface area contributed by atoms with E-state index < -0.39 is 34.8 Å². The van der Waals surface area contributed by atoms with Crippen molar-refractivity contribution in [3.05, 3.63) is 35.5 Å². The van der Waals surface area contributed by atoms with Crippen molar-refractivity contribution in [2.45, 2.75) is 19.8 Å². The number of aromatic nitrogens is 1. The predicted molar refractivity (Wildman–Crippen MR) is 69.2 cm³/mol. The molecule has 0 radical (unpaired) electrons. The molecule has 1 heterocycles. The molecule has 0 aliphatic heterocycles. The van der Waals surface area contributed by atoms with Crippen molar-refractivity contribution >= 4 is 5.97 Å². The standard InChI is InChI=1S/C14H13F2NO4/c1-2-3-7-20-14-11(13(18)19)17-12(21-14)10-8(15)5-4-6-9(10)16/h4-6H,2-3,7H2,1H3,(H,18,19). The number of aromatic carboxylic acids is 1. The maximum atomic E-state index is 13.7. The van der Waals surface area contributed by atoms with E-state index in [9.17, 15) is 13.6 Å². The van der Waals surface area contributed by atoms with E-state index in [-0.39, 0.29) is 12.6 Å². The topological polar surface area (TPSA) is 72.6 Å². The van der Waals surface area contributed by atoms with E-state index in [2.05, 4.69) is 4.98 Å². The van der Waals surface area contributed by atoms with Crippen LogP contribution in [0, 0.1) is 11.6 Å². The first-order valence-electron chi connectivity index (χ1n) is 6.36. The van der Waals surface area contributed by atoms with Gasteiger partial charge in [-0.15, -0.1) is 0 Å². The van der Waals surface area contributed by atoms with Crippen LogP contribution in [0.5, 0.6) is 5.95 Å². The number of unbranched alkanes of at least 4 members (excludes halogenated alkanes) is 1. The highest BCUT2D eigenvalue weighted by molar-refractivity contribution is 5.88. The summed E-state index contributed by atoms with van der Waals surface area (Å²) in [5, 5.41) is 9.03. The molecule has 0 bridgehead atoms. The SMILES string of the molecule is CCCCOc1oc(-c2c(F)cccc2F)nc1C(=O)O. The van der Waals surface area contributed by atoms with Crippen LogP contribution in [-0.4, -0.2) is 22.7 Å². The fourth-order valence-corrected chi connectivity index (χ4v) is 1.66. The van der Waals surface area contributed by atoms with Gasteiger partial charge in [-0.2, -0.15) is 4.98 Å². The van der Waals surface area contributed by atoms with Gasteiger partial charge in [0, 0.05) is 0 Å². The highest BCUT2D eigenvalue weighted by atomic mass is 19.1. The van der Waals surface area contributed by atoms with Crippen LogP contribution < -0.4 is 4.74 Å². The molecule has 1 N–H and O–H groups in total. The Balaban J connectivity index is 2.41. The molecule has 0 fully saturated rings. The second-order valence-electron chi connectivity index (χ2n) is 4.26. The van der Waals surface area contributed by atoms with Crippen LogP contribution in [-0.2, 0) is 0 Å². The van der Waals surface area contributed by atoms with E-state index in [1.165, 1.54) is 6.07 Å². The number of oxazole rings is 1. The van der Waals surface area contributed by atoms with Gasteiger partial charge in [0.1, 0.15) is 17.2 Å². The fraction of sp³-hybridized carbons (Fsp3) is 0.286. The van der Waals surface area contributed by atoms with Crippen molar-refractivity contribution in [3.8, 4) is 17.4 Å². The quantitative estimate of drug-likeness (QED) is 0.826. The van der Waals surface area contributed by atoms with Gasteiger partial charge in [0.2, 0.25) is 11.6 Å². The molecule has 2 rings (SSSR count). The lowest BCUT2D eigenvalue weighted by atomic mass is 10.2. The van der Waals surface area contributed by atoms with Gasteiger partial charge in [-0.1, -0.05) is 19.4 Å².